The highest BCUT2D eigenvalue weighted by atomic mass is 16.5. The van der Waals surface area contributed by atoms with E-state index in [0.29, 0.717) is 25.6 Å². The van der Waals surface area contributed by atoms with Crippen molar-refractivity contribution < 1.29 is 19.4 Å². The van der Waals surface area contributed by atoms with Crippen LogP contribution >= 0.6 is 0 Å². The predicted molar refractivity (Wildman–Crippen MR) is 153 cm³/mol. The normalized spacial score (nSPS) is 17.7. The second-order valence-corrected chi connectivity index (χ2v) is 10.3. The molecule has 1 fully saturated rings. The number of carbonyl (C=O) groups excluding carboxylic acids is 1. The summed E-state index contributed by atoms with van der Waals surface area (Å²) in [7, 11) is 0. The molecule has 204 valence electrons. The molecule has 1 aromatic carbocycles. The number of benzene rings is 1. The van der Waals surface area contributed by atoms with Crippen LogP contribution in [-0.4, -0.2) is 54.0 Å². The van der Waals surface area contributed by atoms with E-state index in [-0.39, 0.29) is 18.2 Å². The summed E-state index contributed by atoms with van der Waals surface area (Å²) in [5.41, 5.74) is 6.36. The Hall–Kier alpha value is -4.14. The van der Waals surface area contributed by atoms with Crippen LogP contribution in [0.3, 0.4) is 0 Å². The van der Waals surface area contributed by atoms with Gasteiger partial charge in [-0.2, -0.15) is 0 Å². The molecule has 0 unspecified atom stereocenters. The molecule has 9 nitrogen and oxygen atoms in total. The molecule has 39 heavy (non-hydrogen) atoms. The Balaban J connectivity index is 1.36. The SMILES string of the molecule is C=CC1=C(N=C(C)Nc2ccc(CC(=O)O)cc2)CN(c2cnc3c(c2C)N(C(=O)C2CCC2)CCO3)CC1. The van der Waals surface area contributed by atoms with Crippen molar-refractivity contribution in [1.29, 1.82) is 0 Å². The van der Waals surface area contributed by atoms with Crippen molar-refractivity contribution in [3.8, 4) is 5.88 Å². The van der Waals surface area contributed by atoms with E-state index < -0.39 is 5.97 Å². The zero-order valence-electron chi connectivity index (χ0n) is 22.6. The Morgan fingerprint density at radius 2 is 2.03 bits per heavy atom. The molecule has 1 amide bonds. The summed E-state index contributed by atoms with van der Waals surface area (Å²) in [5, 5.41) is 12.3. The number of nitrogens with zero attached hydrogens (tertiary/aromatic N) is 4. The number of hydrogen-bond donors (Lipinski definition) is 2. The highest BCUT2D eigenvalue weighted by molar-refractivity contribution is 5.98. The molecular formula is C30H35N5O4. The number of amides is 1. The van der Waals surface area contributed by atoms with Gasteiger partial charge in [-0.15, -0.1) is 0 Å². The number of hydrogen-bond acceptors (Lipinski definition) is 6. The van der Waals surface area contributed by atoms with Crippen molar-refractivity contribution >= 4 is 34.8 Å². The molecule has 1 aromatic heterocycles. The maximum Gasteiger partial charge on any atom is 0.307 e. The lowest BCUT2D eigenvalue weighted by Crippen LogP contribution is -2.44. The number of fused-ring (bicyclic) bond motifs is 1. The van der Waals surface area contributed by atoms with Crippen LogP contribution in [0.4, 0.5) is 17.1 Å². The number of rotatable bonds is 7. The molecule has 3 heterocycles. The van der Waals surface area contributed by atoms with E-state index in [1.54, 1.807) is 12.1 Å². The molecule has 0 atom stereocenters. The number of pyridine rings is 1. The molecule has 1 saturated carbocycles. The first-order valence-corrected chi connectivity index (χ1v) is 13.5. The molecule has 0 spiro atoms. The smallest absolute Gasteiger partial charge is 0.307 e. The lowest BCUT2D eigenvalue weighted by Gasteiger charge is -2.37. The molecule has 3 aliphatic rings. The van der Waals surface area contributed by atoms with Crippen LogP contribution in [0.25, 0.3) is 0 Å². The lowest BCUT2D eigenvalue weighted by atomic mass is 9.84. The van der Waals surface area contributed by atoms with Gasteiger partial charge in [0, 0.05) is 23.7 Å². The maximum absolute atomic E-state index is 13.2. The fraction of sp³-hybridized carbons (Fsp3) is 0.400. The van der Waals surface area contributed by atoms with E-state index in [4.69, 9.17) is 14.8 Å². The first kappa shape index (κ1) is 26.5. The Labute approximate surface area is 228 Å². The fourth-order valence-electron chi connectivity index (χ4n) is 5.36. The quantitative estimate of drug-likeness (QED) is 0.395. The van der Waals surface area contributed by atoms with Crippen LogP contribution in [0.2, 0.25) is 0 Å². The van der Waals surface area contributed by atoms with Crippen molar-refractivity contribution in [3.05, 3.63) is 65.5 Å². The zero-order chi connectivity index (χ0) is 27.5. The molecule has 2 N–H and O–H groups in total. The third-order valence-electron chi connectivity index (χ3n) is 7.68. The Kier molecular flexibility index (Phi) is 7.67. The van der Waals surface area contributed by atoms with Gasteiger partial charge in [-0.3, -0.25) is 9.59 Å². The summed E-state index contributed by atoms with van der Waals surface area (Å²) >= 11 is 0. The highest BCUT2D eigenvalue weighted by Gasteiger charge is 2.35. The lowest BCUT2D eigenvalue weighted by molar-refractivity contribution is -0.136. The average Bonchev–Trinajstić information content (AvgIpc) is 2.88. The van der Waals surface area contributed by atoms with Crippen LogP contribution in [0.15, 0.2) is 59.4 Å². The highest BCUT2D eigenvalue weighted by Crippen LogP contribution is 2.41. The van der Waals surface area contributed by atoms with E-state index in [1.807, 2.05) is 43.2 Å². The molecule has 2 aromatic rings. The van der Waals surface area contributed by atoms with E-state index in [0.717, 1.165) is 77.5 Å². The van der Waals surface area contributed by atoms with Crippen LogP contribution < -0.4 is 19.9 Å². The monoisotopic (exact) mass is 529 g/mol. The number of aliphatic imine (C=N–C) groups is 1. The third kappa shape index (κ3) is 5.67. The van der Waals surface area contributed by atoms with Gasteiger partial charge in [0.25, 0.3) is 0 Å². The first-order valence-electron chi connectivity index (χ1n) is 13.5. The summed E-state index contributed by atoms with van der Waals surface area (Å²) < 4.78 is 5.84. The number of carboxylic acids is 1. The molecule has 9 heteroatoms. The number of ether oxygens (including phenoxy) is 1. The molecular weight excluding hydrogens is 494 g/mol. The third-order valence-corrected chi connectivity index (χ3v) is 7.68. The summed E-state index contributed by atoms with van der Waals surface area (Å²) in [6.45, 7) is 10.3. The van der Waals surface area contributed by atoms with Gasteiger partial charge in [0.2, 0.25) is 11.8 Å². The Bertz CT molecular complexity index is 1340. The van der Waals surface area contributed by atoms with E-state index in [1.165, 1.54) is 0 Å². The number of aromatic nitrogens is 1. The van der Waals surface area contributed by atoms with Crippen molar-refractivity contribution in [1.82, 2.24) is 4.98 Å². The van der Waals surface area contributed by atoms with Gasteiger partial charge in [-0.1, -0.05) is 31.2 Å². The minimum Gasteiger partial charge on any atom is -0.481 e. The van der Waals surface area contributed by atoms with Crippen LogP contribution in [-0.2, 0) is 16.0 Å². The second-order valence-electron chi connectivity index (χ2n) is 10.3. The second kappa shape index (κ2) is 11.3. The summed E-state index contributed by atoms with van der Waals surface area (Å²) in [4.78, 5) is 37.8. The van der Waals surface area contributed by atoms with Crippen LogP contribution in [0.5, 0.6) is 5.88 Å². The molecule has 5 rings (SSSR count). The van der Waals surface area contributed by atoms with Crippen LogP contribution in [0.1, 0.15) is 43.7 Å². The standard InChI is InChI=1S/C30H35N5O4/c1-4-22-12-13-34(18-25(22)33-20(3)32-24-10-8-21(9-11-24)16-27(36)37)26-17-31-29-28(19(26)2)35(14-15-39-29)30(38)23-6-5-7-23/h4,8-11,17,23H,1,5-7,12-16,18H2,2-3H3,(H,32,33)(H,36,37). The Morgan fingerprint density at radius 1 is 1.26 bits per heavy atom. The predicted octanol–water partition coefficient (Wildman–Crippen LogP) is 4.72. The molecule has 0 saturated heterocycles. The van der Waals surface area contributed by atoms with Gasteiger partial charge in [-0.05, 0) is 56.4 Å². The minimum absolute atomic E-state index is 0.00559. The molecule has 0 radical (unpaired) electrons. The maximum atomic E-state index is 13.2. The van der Waals surface area contributed by atoms with Crippen molar-refractivity contribution in [2.75, 3.05) is 41.4 Å². The number of amidine groups is 1. The molecule has 1 aliphatic carbocycles. The Morgan fingerprint density at radius 3 is 2.69 bits per heavy atom. The number of aliphatic carboxylic acids is 1. The number of carboxylic acid groups (broad SMARTS) is 1. The molecule has 0 bridgehead atoms. The average molecular weight is 530 g/mol. The number of anilines is 3. The van der Waals surface area contributed by atoms with E-state index >= 15 is 0 Å². The molecule has 2 aliphatic heterocycles. The summed E-state index contributed by atoms with van der Waals surface area (Å²) in [6.07, 6.45) is 7.53. The van der Waals surface area contributed by atoms with Crippen molar-refractivity contribution in [2.45, 2.75) is 46.0 Å². The number of nitrogens with one attached hydrogen (secondary N) is 1. The van der Waals surface area contributed by atoms with E-state index in [2.05, 4.69) is 21.8 Å². The van der Waals surface area contributed by atoms with Crippen molar-refractivity contribution in [3.63, 3.8) is 0 Å². The summed E-state index contributed by atoms with van der Waals surface area (Å²) in [5.74, 6) is 0.694. The van der Waals surface area contributed by atoms with Gasteiger partial charge in [0.05, 0.1) is 37.1 Å². The zero-order valence-corrected chi connectivity index (χ0v) is 22.6. The number of carbonyl (C=O) groups is 2. The van der Waals surface area contributed by atoms with Crippen LogP contribution in [0, 0.1) is 12.8 Å². The van der Waals surface area contributed by atoms with Gasteiger partial charge in [0.15, 0.2) is 0 Å². The topological polar surface area (TPSA) is 107 Å². The minimum atomic E-state index is -0.853. The van der Waals surface area contributed by atoms with Gasteiger partial charge < -0.3 is 25.0 Å². The van der Waals surface area contributed by atoms with Gasteiger partial charge >= 0.3 is 5.97 Å². The first-order chi connectivity index (χ1) is 18.8. The van der Waals surface area contributed by atoms with E-state index in [9.17, 15) is 9.59 Å². The van der Waals surface area contributed by atoms with Gasteiger partial charge in [-0.25, -0.2) is 9.98 Å². The fourth-order valence-corrected chi connectivity index (χ4v) is 5.36. The number of allylic oxidation sites excluding steroid dienone is 1. The largest absolute Gasteiger partial charge is 0.481 e. The van der Waals surface area contributed by atoms with Crippen molar-refractivity contribution in [2.24, 2.45) is 10.9 Å². The van der Waals surface area contributed by atoms with Gasteiger partial charge in [0.1, 0.15) is 18.1 Å². The summed E-state index contributed by atoms with van der Waals surface area (Å²) in [6, 6.07) is 7.31.